The van der Waals surface area contributed by atoms with E-state index in [-0.39, 0.29) is 5.97 Å². The van der Waals surface area contributed by atoms with Gasteiger partial charge < -0.3 is 9.47 Å². The molecule has 1 aliphatic rings. The maximum atomic E-state index is 11.9. The van der Waals surface area contributed by atoms with Crippen molar-refractivity contribution in [1.82, 2.24) is 4.90 Å². The van der Waals surface area contributed by atoms with Crippen LogP contribution in [0.1, 0.15) is 27.7 Å². The molecule has 0 N–H and O–H groups in total. The van der Waals surface area contributed by atoms with Crippen molar-refractivity contribution in [3.63, 3.8) is 0 Å². The molecule has 1 fully saturated rings. The van der Waals surface area contributed by atoms with Crippen LogP contribution in [-0.4, -0.2) is 46.8 Å². The molecule has 0 unspecified atom stereocenters. The second-order valence-electron chi connectivity index (χ2n) is 4.72. The average molecular weight is 261 g/mol. The highest BCUT2D eigenvalue weighted by atomic mass is 32.2. The summed E-state index contributed by atoms with van der Waals surface area (Å²) in [6.45, 7) is 7.47. The summed E-state index contributed by atoms with van der Waals surface area (Å²) in [5.74, 6) is 0.680. The van der Waals surface area contributed by atoms with E-state index in [2.05, 4.69) is 0 Å². The van der Waals surface area contributed by atoms with Gasteiger partial charge in [0.15, 0.2) is 0 Å². The van der Waals surface area contributed by atoms with Crippen molar-refractivity contribution in [3.8, 4) is 0 Å². The van der Waals surface area contributed by atoms with Crippen LogP contribution in [0.5, 0.6) is 0 Å². The Bertz CT molecular complexity index is 300. The third-order valence-electron chi connectivity index (χ3n) is 2.07. The summed E-state index contributed by atoms with van der Waals surface area (Å²) in [6, 6.07) is -0.519. The maximum absolute atomic E-state index is 11.9. The van der Waals surface area contributed by atoms with E-state index in [1.165, 1.54) is 16.7 Å². The molecule has 1 rings (SSSR count). The Morgan fingerprint density at radius 3 is 2.59 bits per heavy atom. The van der Waals surface area contributed by atoms with E-state index >= 15 is 0 Å². The summed E-state index contributed by atoms with van der Waals surface area (Å²) in [5, 5.41) is 0. The van der Waals surface area contributed by atoms with Gasteiger partial charge in [0.25, 0.3) is 0 Å². The number of hydrogen-bond donors (Lipinski definition) is 0. The van der Waals surface area contributed by atoms with Crippen LogP contribution in [0.15, 0.2) is 0 Å². The van der Waals surface area contributed by atoms with Gasteiger partial charge in [0.1, 0.15) is 11.6 Å². The summed E-state index contributed by atoms with van der Waals surface area (Å²) >= 11 is 1.52. The monoisotopic (exact) mass is 261 g/mol. The topological polar surface area (TPSA) is 55.8 Å². The molecular weight excluding hydrogens is 242 g/mol. The third-order valence-corrected chi connectivity index (χ3v) is 3.08. The summed E-state index contributed by atoms with van der Waals surface area (Å²) in [7, 11) is 0. The van der Waals surface area contributed by atoms with Gasteiger partial charge in [-0.3, -0.25) is 4.90 Å². The van der Waals surface area contributed by atoms with Crippen LogP contribution in [0.25, 0.3) is 0 Å². The smallest absolute Gasteiger partial charge is 0.411 e. The Balaban J connectivity index is 2.63. The number of carbonyl (C=O) groups is 2. The van der Waals surface area contributed by atoms with E-state index in [1.807, 2.05) is 0 Å². The third kappa shape index (κ3) is 4.11. The zero-order valence-corrected chi connectivity index (χ0v) is 11.5. The number of nitrogens with zero attached hydrogens (tertiary/aromatic N) is 1. The predicted molar refractivity (Wildman–Crippen MR) is 65.8 cm³/mol. The first-order chi connectivity index (χ1) is 7.85. The van der Waals surface area contributed by atoms with Crippen LogP contribution in [0, 0.1) is 0 Å². The molecule has 0 spiro atoms. The molecule has 0 radical (unpaired) electrons. The second-order valence-corrected chi connectivity index (χ2v) is 5.72. The zero-order valence-electron chi connectivity index (χ0n) is 10.7. The molecule has 0 aromatic rings. The van der Waals surface area contributed by atoms with Crippen molar-refractivity contribution in [2.45, 2.75) is 39.3 Å². The molecule has 1 atom stereocenters. The minimum absolute atomic E-state index is 0.322. The van der Waals surface area contributed by atoms with Crippen LogP contribution < -0.4 is 0 Å². The van der Waals surface area contributed by atoms with Gasteiger partial charge in [-0.1, -0.05) is 0 Å². The van der Waals surface area contributed by atoms with E-state index in [0.29, 0.717) is 18.2 Å². The average Bonchev–Trinajstić information content (AvgIpc) is 2.63. The fraction of sp³-hybridized carbons (Fsp3) is 0.818. The number of rotatable bonds is 2. The molecule has 1 amide bonds. The lowest BCUT2D eigenvalue weighted by atomic mass is 10.2. The number of thioether (sulfide) groups is 1. The minimum Gasteiger partial charge on any atom is -0.464 e. The van der Waals surface area contributed by atoms with Crippen LogP contribution in [0.3, 0.4) is 0 Å². The fourth-order valence-electron chi connectivity index (χ4n) is 1.38. The first-order valence-corrected chi connectivity index (χ1v) is 6.74. The summed E-state index contributed by atoms with van der Waals surface area (Å²) < 4.78 is 10.2. The number of carbonyl (C=O) groups excluding carboxylic acids is 2. The van der Waals surface area contributed by atoms with E-state index in [4.69, 9.17) is 9.47 Å². The molecule has 0 saturated carbocycles. The lowest BCUT2D eigenvalue weighted by molar-refractivity contribution is -0.147. The Hall–Kier alpha value is -0.910. The Morgan fingerprint density at radius 1 is 1.41 bits per heavy atom. The molecule has 1 saturated heterocycles. The molecule has 0 bridgehead atoms. The number of hydrogen-bond acceptors (Lipinski definition) is 5. The van der Waals surface area contributed by atoms with Gasteiger partial charge in [0, 0.05) is 5.75 Å². The number of amides is 1. The quantitative estimate of drug-likeness (QED) is 0.710. The maximum Gasteiger partial charge on any atom is 0.411 e. The first-order valence-electron chi connectivity index (χ1n) is 5.59. The van der Waals surface area contributed by atoms with Crippen LogP contribution >= 0.6 is 11.8 Å². The molecule has 0 aromatic heterocycles. The molecule has 1 aliphatic heterocycles. The second kappa shape index (κ2) is 5.62. The molecule has 6 heteroatoms. The van der Waals surface area contributed by atoms with Gasteiger partial charge in [-0.05, 0) is 27.7 Å². The van der Waals surface area contributed by atoms with Crippen LogP contribution in [0.2, 0.25) is 0 Å². The largest absolute Gasteiger partial charge is 0.464 e. The van der Waals surface area contributed by atoms with E-state index < -0.39 is 17.7 Å². The van der Waals surface area contributed by atoms with Gasteiger partial charge in [-0.2, -0.15) is 0 Å². The fourth-order valence-corrected chi connectivity index (χ4v) is 2.50. The van der Waals surface area contributed by atoms with Crippen molar-refractivity contribution in [1.29, 1.82) is 0 Å². The van der Waals surface area contributed by atoms with Crippen molar-refractivity contribution in [2.24, 2.45) is 0 Å². The van der Waals surface area contributed by atoms with E-state index in [9.17, 15) is 9.59 Å². The lowest BCUT2D eigenvalue weighted by Crippen LogP contribution is -2.45. The van der Waals surface area contributed by atoms with Gasteiger partial charge >= 0.3 is 12.1 Å². The lowest BCUT2D eigenvalue weighted by Gasteiger charge is -2.26. The molecule has 5 nitrogen and oxygen atoms in total. The highest BCUT2D eigenvalue weighted by Crippen LogP contribution is 2.24. The molecular formula is C11H19NO4S. The Labute approximate surface area is 106 Å². The van der Waals surface area contributed by atoms with Gasteiger partial charge in [-0.15, -0.1) is 11.8 Å². The minimum atomic E-state index is -0.552. The van der Waals surface area contributed by atoms with Crippen molar-refractivity contribution in [3.05, 3.63) is 0 Å². The SMILES string of the molecule is CCOC(=O)[C@@H]1CSCN1C(=O)OC(C)(C)C. The van der Waals surface area contributed by atoms with Gasteiger partial charge in [0.05, 0.1) is 12.5 Å². The molecule has 98 valence electrons. The standard InChI is InChI=1S/C11H19NO4S/c1-5-15-9(13)8-6-17-7-12(8)10(14)16-11(2,3)4/h8H,5-7H2,1-4H3/t8-/m0/s1. The predicted octanol–water partition coefficient (Wildman–Crippen LogP) is 1.86. The highest BCUT2D eigenvalue weighted by Gasteiger charge is 2.37. The van der Waals surface area contributed by atoms with Gasteiger partial charge in [-0.25, -0.2) is 9.59 Å². The van der Waals surface area contributed by atoms with Gasteiger partial charge in [0.2, 0.25) is 0 Å². The Kier molecular flexibility index (Phi) is 4.68. The van der Waals surface area contributed by atoms with Crippen molar-refractivity contribution in [2.75, 3.05) is 18.2 Å². The molecule has 0 aliphatic carbocycles. The molecule has 1 heterocycles. The summed E-state index contributed by atoms with van der Waals surface area (Å²) in [4.78, 5) is 24.9. The van der Waals surface area contributed by atoms with Crippen LogP contribution in [-0.2, 0) is 14.3 Å². The molecule has 17 heavy (non-hydrogen) atoms. The van der Waals surface area contributed by atoms with Crippen molar-refractivity contribution >= 4 is 23.8 Å². The summed E-state index contributed by atoms with van der Waals surface area (Å²) in [6.07, 6.45) is -0.458. The number of esters is 1. The Morgan fingerprint density at radius 2 is 2.06 bits per heavy atom. The van der Waals surface area contributed by atoms with E-state index in [1.54, 1.807) is 27.7 Å². The van der Waals surface area contributed by atoms with Crippen molar-refractivity contribution < 1.29 is 19.1 Å². The molecule has 0 aromatic carbocycles. The first kappa shape index (κ1) is 14.2. The zero-order chi connectivity index (χ0) is 13.1. The highest BCUT2D eigenvalue weighted by molar-refractivity contribution is 7.99. The summed E-state index contributed by atoms with van der Waals surface area (Å²) in [5.41, 5.74) is -0.552. The number of ether oxygens (including phenoxy) is 2. The van der Waals surface area contributed by atoms with E-state index in [0.717, 1.165) is 0 Å². The van der Waals surface area contributed by atoms with Crippen LogP contribution in [0.4, 0.5) is 4.79 Å². The normalized spacial score (nSPS) is 20.2.